The Morgan fingerprint density at radius 2 is 2.18 bits per heavy atom. The fourth-order valence-electron chi connectivity index (χ4n) is 1.91. The van der Waals surface area contributed by atoms with E-state index in [0.29, 0.717) is 42.8 Å². The zero-order chi connectivity index (χ0) is 15.9. The Labute approximate surface area is 129 Å². The number of benzene rings is 1. The first kappa shape index (κ1) is 16.0. The molecule has 7 heteroatoms. The molecule has 1 aromatic heterocycles. The molecule has 1 N–H and O–H groups in total. The van der Waals surface area contributed by atoms with E-state index in [4.69, 9.17) is 9.47 Å². The Hall–Kier alpha value is -2.41. The van der Waals surface area contributed by atoms with Gasteiger partial charge in [0.15, 0.2) is 0 Å². The molecule has 2 rings (SSSR count). The second-order valence-electron chi connectivity index (χ2n) is 4.62. The Morgan fingerprint density at radius 1 is 1.36 bits per heavy atom. The Morgan fingerprint density at radius 3 is 2.91 bits per heavy atom. The summed E-state index contributed by atoms with van der Waals surface area (Å²) in [5.74, 6) is 1.43. The molecule has 22 heavy (non-hydrogen) atoms. The van der Waals surface area contributed by atoms with Crippen LogP contribution in [-0.2, 0) is 11.3 Å². The number of carbonyl (C=O) groups excluding carboxylic acids is 1. The maximum Gasteiger partial charge on any atom is 0.258 e. The van der Waals surface area contributed by atoms with Gasteiger partial charge in [0.1, 0.15) is 18.2 Å². The molecule has 1 heterocycles. The molecule has 0 aliphatic carbocycles. The minimum atomic E-state index is -0.251. The highest BCUT2D eigenvalue weighted by atomic mass is 16.5. The summed E-state index contributed by atoms with van der Waals surface area (Å²) in [6.45, 7) is 5.29. The zero-order valence-corrected chi connectivity index (χ0v) is 13.0. The van der Waals surface area contributed by atoms with E-state index >= 15 is 0 Å². The topological polar surface area (TPSA) is 78.3 Å². The standard InChI is InChI=1S/C15H20N4O3/c1-4-19-15(16-11(2)18-19)17-14(20)12-6-5-7-13(10-12)22-9-8-21-3/h5-7,10H,4,8-9H2,1-3H3,(H,16,17,18,20). The Kier molecular flexibility index (Phi) is 5.48. The molecule has 0 aliphatic heterocycles. The SMILES string of the molecule is CCn1nc(C)nc1NC(=O)c1cccc(OCCOC)c1. The van der Waals surface area contributed by atoms with E-state index in [2.05, 4.69) is 15.4 Å². The van der Waals surface area contributed by atoms with Crippen molar-refractivity contribution < 1.29 is 14.3 Å². The first-order chi connectivity index (χ1) is 10.6. The molecule has 0 spiro atoms. The summed E-state index contributed by atoms with van der Waals surface area (Å²) < 4.78 is 12.1. The summed E-state index contributed by atoms with van der Waals surface area (Å²) in [6.07, 6.45) is 0. The number of nitrogens with one attached hydrogen (secondary N) is 1. The van der Waals surface area contributed by atoms with Crippen molar-refractivity contribution in [2.45, 2.75) is 20.4 Å². The molecule has 1 aromatic carbocycles. The van der Waals surface area contributed by atoms with E-state index in [1.165, 1.54) is 0 Å². The van der Waals surface area contributed by atoms with Gasteiger partial charge in [-0.05, 0) is 32.0 Å². The molecular formula is C15H20N4O3. The van der Waals surface area contributed by atoms with Gasteiger partial charge in [0.25, 0.3) is 5.91 Å². The number of nitrogens with zero attached hydrogens (tertiary/aromatic N) is 3. The number of hydrogen-bond acceptors (Lipinski definition) is 5. The monoisotopic (exact) mass is 304 g/mol. The minimum Gasteiger partial charge on any atom is -0.491 e. The molecule has 0 bridgehead atoms. The number of carbonyl (C=O) groups is 1. The highest BCUT2D eigenvalue weighted by Crippen LogP contribution is 2.15. The molecular weight excluding hydrogens is 284 g/mol. The van der Waals surface area contributed by atoms with Crippen LogP contribution in [0, 0.1) is 6.92 Å². The maximum absolute atomic E-state index is 12.3. The van der Waals surface area contributed by atoms with Gasteiger partial charge in [-0.1, -0.05) is 6.07 Å². The highest BCUT2D eigenvalue weighted by Gasteiger charge is 2.12. The normalized spacial score (nSPS) is 10.5. The van der Waals surface area contributed by atoms with Crippen LogP contribution in [0.3, 0.4) is 0 Å². The van der Waals surface area contributed by atoms with Crippen molar-refractivity contribution in [2.24, 2.45) is 0 Å². The Bertz CT molecular complexity index is 639. The van der Waals surface area contributed by atoms with Gasteiger partial charge in [0, 0.05) is 19.2 Å². The summed E-state index contributed by atoms with van der Waals surface area (Å²) in [4.78, 5) is 16.5. The molecule has 0 saturated carbocycles. The van der Waals surface area contributed by atoms with Crippen molar-refractivity contribution in [2.75, 3.05) is 25.6 Å². The molecule has 0 unspecified atom stereocenters. The van der Waals surface area contributed by atoms with E-state index in [-0.39, 0.29) is 5.91 Å². The van der Waals surface area contributed by atoms with Gasteiger partial charge < -0.3 is 9.47 Å². The summed E-state index contributed by atoms with van der Waals surface area (Å²) in [6, 6.07) is 6.97. The molecule has 0 atom stereocenters. The number of hydrogen-bond donors (Lipinski definition) is 1. The van der Waals surface area contributed by atoms with Gasteiger partial charge in [-0.25, -0.2) is 4.68 Å². The number of amides is 1. The molecule has 0 radical (unpaired) electrons. The van der Waals surface area contributed by atoms with Crippen molar-refractivity contribution in [3.8, 4) is 5.75 Å². The largest absolute Gasteiger partial charge is 0.491 e. The van der Waals surface area contributed by atoms with Crippen LogP contribution in [-0.4, -0.2) is 41.0 Å². The quantitative estimate of drug-likeness (QED) is 0.790. The number of aryl methyl sites for hydroxylation is 2. The van der Waals surface area contributed by atoms with E-state index < -0.39 is 0 Å². The second kappa shape index (κ2) is 7.56. The van der Waals surface area contributed by atoms with Gasteiger partial charge in [-0.15, -0.1) is 0 Å². The van der Waals surface area contributed by atoms with Crippen LogP contribution in [0.4, 0.5) is 5.95 Å². The summed E-state index contributed by atoms with van der Waals surface area (Å²) in [5, 5.41) is 6.96. The van der Waals surface area contributed by atoms with Crippen LogP contribution in [0.15, 0.2) is 24.3 Å². The van der Waals surface area contributed by atoms with Crippen LogP contribution in [0.5, 0.6) is 5.75 Å². The van der Waals surface area contributed by atoms with Crippen LogP contribution in [0.2, 0.25) is 0 Å². The molecule has 118 valence electrons. The van der Waals surface area contributed by atoms with Crippen molar-refractivity contribution in [1.29, 1.82) is 0 Å². The summed E-state index contributed by atoms with van der Waals surface area (Å²) in [7, 11) is 1.61. The number of aromatic nitrogens is 3. The molecule has 1 amide bonds. The first-order valence-corrected chi connectivity index (χ1v) is 7.08. The van der Waals surface area contributed by atoms with Crippen LogP contribution < -0.4 is 10.1 Å². The number of ether oxygens (including phenoxy) is 2. The van der Waals surface area contributed by atoms with Crippen LogP contribution in [0.1, 0.15) is 23.1 Å². The third-order valence-corrected chi connectivity index (χ3v) is 2.95. The summed E-state index contributed by atoms with van der Waals surface area (Å²) >= 11 is 0. The maximum atomic E-state index is 12.3. The molecule has 2 aromatic rings. The Balaban J connectivity index is 2.07. The van der Waals surface area contributed by atoms with E-state index in [0.717, 1.165) is 0 Å². The number of rotatable bonds is 7. The zero-order valence-electron chi connectivity index (χ0n) is 13.0. The molecule has 0 saturated heterocycles. The molecule has 0 fully saturated rings. The lowest BCUT2D eigenvalue weighted by Crippen LogP contribution is -2.16. The van der Waals surface area contributed by atoms with Gasteiger partial charge in [0.05, 0.1) is 6.61 Å². The van der Waals surface area contributed by atoms with E-state index in [1.807, 2.05) is 6.92 Å². The number of anilines is 1. The average Bonchev–Trinajstić information content (AvgIpc) is 2.87. The second-order valence-corrected chi connectivity index (χ2v) is 4.62. The van der Waals surface area contributed by atoms with Gasteiger partial charge in [0.2, 0.25) is 5.95 Å². The predicted octanol–water partition coefficient (Wildman–Crippen LogP) is 1.88. The van der Waals surface area contributed by atoms with Crippen LogP contribution >= 0.6 is 0 Å². The lowest BCUT2D eigenvalue weighted by Gasteiger charge is -2.08. The van der Waals surface area contributed by atoms with E-state index in [1.54, 1.807) is 43.0 Å². The summed E-state index contributed by atoms with van der Waals surface area (Å²) in [5.41, 5.74) is 0.498. The van der Waals surface area contributed by atoms with Gasteiger partial charge >= 0.3 is 0 Å². The fraction of sp³-hybridized carbons (Fsp3) is 0.400. The third-order valence-electron chi connectivity index (χ3n) is 2.95. The fourth-order valence-corrected chi connectivity index (χ4v) is 1.91. The molecule has 7 nitrogen and oxygen atoms in total. The average molecular weight is 304 g/mol. The van der Waals surface area contributed by atoms with E-state index in [9.17, 15) is 4.79 Å². The van der Waals surface area contributed by atoms with Crippen LogP contribution in [0.25, 0.3) is 0 Å². The van der Waals surface area contributed by atoms with Crippen molar-refractivity contribution in [3.05, 3.63) is 35.7 Å². The van der Waals surface area contributed by atoms with Crippen molar-refractivity contribution in [3.63, 3.8) is 0 Å². The third kappa shape index (κ3) is 4.05. The van der Waals surface area contributed by atoms with Gasteiger partial charge in [-0.3, -0.25) is 10.1 Å². The van der Waals surface area contributed by atoms with Crippen molar-refractivity contribution >= 4 is 11.9 Å². The minimum absolute atomic E-state index is 0.251. The molecule has 0 aliphatic rings. The lowest BCUT2D eigenvalue weighted by molar-refractivity contribution is 0.102. The lowest BCUT2D eigenvalue weighted by atomic mass is 10.2. The highest BCUT2D eigenvalue weighted by molar-refractivity contribution is 6.03. The van der Waals surface area contributed by atoms with Crippen molar-refractivity contribution in [1.82, 2.24) is 14.8 Å². The predicted molar refractivity (Wildman–Crippen MR) is 82.2 cm³/mol. The van der Waals surface area contributed by atoms with Gasteiger partial charge in [-0.2, -0.15) is 10.1 Å². The number of methoxy groups -OCH3 is 1. The smallest absolute Gasteiger partial charge is 0.258 e. The first-order valence-electron chi connectivity index (χ1n) is 7.08.